The Bertz CT molecular complexity index is 656. The minimum Gasteiger partial charge on any atom is -0.269 e. The zero-order valence-corrected chi connectivity index (χ0v) is 14.8. The van der Waals surface area contributed by atoms with Crippen LogP contribution in [0.4, 0.5) is 13.2 Å². The van der Waals surface area contributed by atoms with E-state index in [9.17, 15) is 26.4 Å². The van der Waals surface area contributed by atoms with Crippen LogP contribution in [0.1, 0.15) is 57.1 Å². The number of hydrogen-bond donors (Lipinski definition) is 1. The molecule has 6 nitrogen and oxygen atoms in total. The molecule has 1 amide bonds. The van der Waals surface area contributed by atoms with Gasteiger partial charge in [0, 0.05) is 6.20 Å². The van der Waals surface area contributed by atoms with Crippen molar-refractivity contribution < 1.29 is 26.4 Å². The third kappa shape index (κ3) is 5.50. The quantitative estimate of drug-likeness (QED) is 0.801. The Morgan fingerprint density at radius 1 is 1.21 bits per heavy atom. The molecule has 1 N–H and O–H groups in total. The fourth-order valence-corrected chi connectivity index (χ4v) is 2.76. The highest BCUT2D eigenvalue weighted by Crippen LogP contribution is 2.25. The molecule has 0 spiro atoms. The summed E-state index contributed by atoms with van der Waals surface area (Å²) in [6.07, 6.45) is 3.04. The van der Waals surface area contributed by atoms with Crippen LogP contribution in [-0.2, 0) is 10.0 Å². The van der Waals surface area contributed by atoms with Gasteiger partial charge in [0.1, 0.15) is 0 Å². The Labute approximate surface area is 139 Å². The molecule has 0 atom stereocenters. The van der Waals surface area contributed by atoms with Crippen LogP contribution in [0.15, 0.2) is 12.3 Å². The van der Waals surface area contributed by atoms with Crippen LogP contribution < -0.4 is 4.72 Å². The van der Waals surface area contributed by atoms with Gasteiger partial charge < -0.3 is 0 Å². The molecule has 0 saturated heterocycles. The zero-order valence-electron chi connectivity index (χ0n) is 14.0. The third-order valence-corrected chi connectivity index (χ3v) is 4.30. The van der Waals surface area contributed by atoms with Crippen LogP contribution in [0, 0.1) is 11.8 Å². The summed E-state index contributed by atoms with van der Waals surface area (Å²) in [6, 6.07) is 1.18. The lowest BCUT2D eigenvalue weighted by Gasteiger charge is -2.21. The van der Waals surface area contributed by atoms with Gasteiger partial charge in [-0.1, -0.05) is 27.7 Å². The molecule has 10 heteroatoms. The molecule has 1 heterocycles. The van der Waals surface area contributed by atoms with Crippen molar-refractivity contribution in [2.24, 2.45) is 11.8 Å². The molecular weight excluding hydrogens is 347 g/mol. The molecule has 0 radical (unpaired) electrons. The molecule has 0 aromatic carbocycles. The van der Waals surface area contributed by atoms with Gasteiger partial charge in [-0.3, -0.25) is 9.48 Å². The molecular formula is C14H22F3N3O3S. The van der Waals surface area contributed by atoms with Gasteiger partial charge in [-0.2, -0.15) is 26.7 Å². The summed E-state index contributed by atoms with van der Waals surface area (Å²) in [6.45, 7) is 8.11. The van der Waals surface area contributed by atoms with Crippen LogP contribution in [0.2, 0.25) is 0 Å². The van der Waals surface area contributed by atoms with E-state index < -0.39 is 21.4 Å². The highest BCUT2D eigenvalue weighted by Gasteiger charge is 2.47. The number of aromatic nitrogens is 2. The second-order valence-electron chi connectivity index (χ2n) is 6.47. The highest BCUT2D eigenvalue weighted by molar-refractivity contribution is 7.90. The summed E-state index contributed by atoms with van der Waals surface area (Å²) in [5.74, 6) is -0.680. The maximum absolute atomic E-state index is 12.3. The summed E-state index contributed by atoms with van der Waals surface area (Å²) in [7, 11) is -5.74. The summed E-state index contributed by atoms with van der Waals surface area (Å²) in [5.41, 5.74) is -5.93. The molecule has 138 valence electrons. The number of nitrogens with zero attached hydrogens (tertiary/aromatic N) is 2. The van der Waals surface area contributed by atoms with Gasteiger partial charge in [-0.05, 0) is 30.7 Å². The lowest BCUT2D eigenvalue weighted by atomic mass is 9.96. The summed E-state index contributed by atoms with van der Waals surface area (Å²) >= 11 is 0. The van der Waals surface area contributed by atoms with Crippen molar-refractivity contribution in [3.8, 4) is 0 Å². The van der Waals surface area contributed by atoms with Gasteiger partial charge in [0.25, 0.3) is 5.91 Å². The van der Waals surface area contributed by atoms with Crippen molar-refractivity contribution in [2.45, 2.75) is 52.1 Å². The van der Waals surface area contributed by atoms with Crippen LogP contribution in [-0.4, -0.2) is 29.6 Å². The predicted octanol–water partition coefficient (Wildman–Crippen LogP) is 3.10. The SMILES string of the molecule is CC(C)CC(CC(C)C)n1ccc(C(=O)NS(=O)(=O)C(F)(F)F)n1. The normalized spacial score (nSPS) is 13.1. The van der Waals surface area contributed by atoms with Crippen LogP contribution in [0.3, 0.4) is 0 Å². The lowest BCUT2D eigenvalue weighted by Crippen LogP contribution is -2.40. The standard InChI is InChI=1S/C14H22F3N3O3S/c1-9(2)7-11(8-10(3)4)20-6-5-12(18-20)13(21)19-24(22,23)14(15,16)17/h5-6,9-11H,7-8H2,1-4H3,(H,19,21). The van der Waals surface area contributed by atoms with Gasteiger partial charge in [-0.15, -0.1) is 0 Å². The van der Waals surface area contributed by atoms with Crippen LogP contribution in [0.5, 0.6) is 0 Å². The van der Waals surface area contributed by atoms with E-state index in [1.165, 1.54) is 16.9 Å². The first-order valence-corrected chi connectivity index (χ1v) is 9.00. The van der Waals surface area contributed by atoms with Crippen molar-refractivity contribution in [1.29, 1.82) is 0 Å². The number of halogens is 3. The smallest absolute Gasteiger partial charge is 0.269 e. The second kappa shape index (κ2) is 7.54. The van der Waals surface area contributed by atoms with Crippen molar-refractivity contribution in [3.63, 3.8) is 0 Å². The molecule has 0 unspecified atom stereocenters. The van der Waals surface area contributed by atoms with E-state index in [1.54, 1.807) is 0 Å². The van der Waals surface area contributed by atoms with E-state index in [-0.39, 0.29) is 11.7 Å². The number of rotatable bonds is 7. The molecule has 1 aromatic heterocycles. The summed E-state index contributed by atoms with van der Waals surface area (Å²) < 4.78 is 61.3. The largest absolute Gasteiger partial charge is 0.516 e. The molecule has 0 aliphatic heterocycles. The van der Waals surface area contributed by atoms with Gasteiger partial charge in [-0.25, -0.2) is 4.72 Å². The van der Waals surface area contributed by atoms with Gasteiger partial charge in [0.05, 0.1) is 6.04 Å². The number of amides is 1. The van der Waals surface area contributed by atoms with E-state index >= 15 is 0 Å². The van der Waals surface area contributed by atoms with Crippen molar-refractivity contribution in [2.75, 3.05) is 0 Å². The molecule has 0 saturated carbocycles. The van der Waals surface area contributed by atoms with Crippen molar-refractivity contribution in [1.82, 2.24) is 14.5 Å². The number of carbonyl (C=O) groups is 1. The van der Waals surface area contributed by atoms with Crippen LogP contribution >= 0.6 is 0 Å². The Balaban J connectivity index is 2.96. The average Bonchev–Trinajstić information content (AvgIpc) is 2.84. The van der Waals surface area contributed by atoms with E-state index in [2.05, 4.69) is 5.10 Å². The fraction of sp³-hybridized carbons (Fsp3) is 0.714. The lowest BCUT2D eigenvalue weighted by molar-refractivity contribution is -0.0446. The predicted molar refractivity (Wildman–Crippen MR) is 82.6 cm³/mol. The number of hydrogen-bond acceptors (Lipinski definition) is 4. The number of alkyl halides is 3. The average molecular weight is 369 g/mol. The Morgan fingerprint density at radius 2 is 1.71 bits per heavy atom. The maximum Gasteiger partial charge on any atom is 0.516 e. The zero-order chi connectivity index (χ0) is 18.7. The first kappa shape index (κ1) is 20.5. The van der Waals surface area contributed by atoms with E-state index in [4.69, 9.17) is 0 Å². The first-order chi connectivity index (χ1) is 10.8. The summed E-state index contributed by atoms with van der Waals surface area (Å²) in [4.78, 5) is 11.7. The Hall–Kier alpha value is -1.58. The Kier molecular flexibility index (Phi) is 6.43. The molecule has 1 rings (SSSR count). The van der Waals surface area contributed by atoms with E-state index in [1.807, 2.05) is 27.7 Å². The highest BCUT2D eigenvalue weighted by atomic mass is 32.2. The molecule has 24 heavy (non-hydrogen) atoms. The summed E-state index contributed by atoms with van der Waals surface area (Å²) in [5, 5.41) is 3.96. The maximum atomic E-state index is 12.3. The van der Waals surface area contributed by atoms with Gasteiger partial charge >= 0.3 is 15.5 Å². The minimum atomic E-state index is -5.74. The third-order valence-electron chi connectivity index (χ3n) is 3.23. The van der Waals surface area contributed by atoms with Crippen LogP contribution in [0.25, 0.3) is 0 Å². The molecule has 0 aliphatic rings. The Morgan fingerprint density at radius 3 is 2.12 bits per heavy atom. The molecule has 0 bridgehead atoms. The van der Waals surface area contributed by atoms with Crippen molar-refractivity contribution >= 4 is 15.9 Å². The van der Waals surface area contributed by atoms with E-state index in [0.717, 1.165) is 17.6 Å². The fourth-order valence-electron chi connectivity index (χ4n) is 2.30. The van der Waals surface area contributed by atoms with Gasteiger partial charge in [0.2, 0.25) is 0 Å². The first-order valence-electron chi connectivity index (χ1n) is 7.52. The molecule has 1 aromatic rings. The molecule has 0 aliphatic carbocycles. The minimum absolute atomic E-state index is 0.0224. The molecule has 0 fully saturated rings. The topological polar surface area (TPSA) is 81.1 Å². The number of carbonyl (C=O) groups excluding carboxylic acids is 1. The number of nitrogens with one attached hydrogen (secondary N) is 1. The second-order valence-corrected chi connectivity index (χ2v) is 8.15. The number of sulfonamides is 1. The van der Waals surface area contributed by atoms with Gasteiger partial charge in [0.15, 0.2) is 5.69 Å². The monoisotopic (exact) mass is 369 g/mol. The van der Waals surface area contributed by atoms with Crippen molar-refractivity contribution in [3.05, 3.63) is 18.0 Å². The van der Waals surface area contributed by atoms with E-state index in [0.29, 0.717) is 11.8 Å².